The van der Waals surface area contributed by atoms with Crippen molar-refractivity contribution in [2.45, 2.75) is 45.4 Å². The van der Waals surface area contributed by atoms with E-state index in [4.69, 9.17) is 9.47 Å². The van der Waals surface area contributed by atoms with E-state index < -0.39 is 0 Å². The van der Waals surface area contributed by atoms with E-state index in [1.807, 2.05) is 19.9 Å². The van der Waals surface area contributed by atoms with Gasteiger partial charge in [-0.25, -0.2) is 0 Å². The number of nitrogens with one attached hydrogen (secondary N) is 1. The molecule has 0 unspecified atom stereocenters. The van der Waals surface area contributed by atoms with Crippen LogP contribution in [0.5, 0.6) is 11.5 Å². The highest BCUT2D eigenvalue weighted by Gasteiger charge is 2.20. The molecule has 100 valence electrons. The van der Waals surface area contributed by atoms with Gasteiger partial charge in [0.15, 0.2) is 11.5 Å². The molecule has 3 nitrogen and oxygen atoms in total. The highest BCUT2D eigenvalue weighted by Crippen LogP contribution is 2.37. The number of hydrogen-bond acceptors (Lipinski definition) is 3. The Balaban J connectivity index is 2.15. The van der Waals surface area contributed by atoms with E-state index in [9.17, 15) is 0 Å². The van der Waals surface area contributed by atoms with E-state index in [0.29, 0.717) is 6.04 Å². The zero-order valence-electron chi connectivity index (χ0n) is 11.1. The van der Waals surface area contributed by atoms with Crippen molar-refractivity contribution in [2.75, 3.05) is 7.11 Å². The number of benzene rings is 1. The molecule has 0 radical (unpaired) electrons. The minimum atomic E-state index is 0.130. The lowest BCUT2D eigenvalue weighted by molar-refractivity contribution is 0.228. The lowest BCUT2D eigenvalue weighted by Gasteiger charge is -2.16. The number of methoxy groups -OCH3 is 1. The van der Waals surface area contributed by atoms with Gasteiger partial charge in [0.25, 0.3) is 0 Å². The van der Waals surface area contributed by atoms with Gasteiger partial charge < -0.3 is 14.8 Å². The van der Waals surface area contributed by atoms with E-state index in [2.05, 4.69) is 27.3 Å². The molecule has 0 bridgehead atoms. The molecule has 0 spiro atoms. The molecular weight excluding hydrogens is 294 g/mol. The molecule has 4 heteroatoms. The van der Waals surface area contributed by atoms with Crippen LogP contribution in [0.25, 0.3) is 0 Å². The van der Waals surface area contributed by atoms with Gasteiger partial charge >= 0.3 is 0 Å². The highest BCUT2D eigenvalue weighted by molar-refractivity contribution is 9.10. The van der Waals surface area contributed by atoms with Crippen LogP contribution < -0.4 is 14.8 Å². The van der Waals surface area contributed by atoms with Crippen molar-refractivity contribution in [1.82, 2.24) is 5.32 Å². The topological polar surface area (TPSA) is 30.5 Å². The summed E-state index contributed by atoms with van der Waals surface area (Å²) in [6.07, 6.45) is 2.73. The SMILES string of the molecule is COc1cc(CNC2CC2)cc(Br)c1OC(C)C. The molecule has 0 aromatic heterocycles. The first-order valence-electron chi connectivity index (χ1n) is 6.36. The first kappa shape index (κ1) is 13.7. The van der Waals surface area contributed by atoms with Gasteiger partial charge in [-0.05, 0) is 60.3 Å². The van der Waals surface area contributed by atoms with Gasteiger partial charge in [-0.15, -0.1) is 0 Å². The Morgan fingerprint density at radius 3 is 2.67 bits per heavy atom. The van der Waals surface area contributed by atoms with Gasteiger partial charge in [0.1, 0.15) is 0 Å². The molecule has 0 heterocycles. The van der Waals surface area contributed by atoms with Gasteiger partial charge in [0, 0.05) is 12.6 Å². The maximum absolute atomic E-state index is 5.77. The van der Waals surface area contributed by atoms with E-state index in [-0.39, 0.29) is 6.10 Å². The van der Waals surface area contributed by atoms with Crippen molar-refractivity contribution < 1.29 is 9.47 Å². The van der Waals surface area contributed by atoms with E-state index >= 15 is 0 Å². The summed E-state index contributed by atoms with van der Waals surface area (Å²) in [5.41, 5.74) is 1.21. The molecule has 1 aromatic carbocycles. The van der Waals surface area contributed by atoms with Crippen LogP contribution in [0.4, 0.5) is 0 Å². The van der Waals surface area contributed by atoms with Crippen molar-refractivity contribution in [1.29, 1.82) is 0 Å². The van der Waals surface area contributed by atoms with Gasteiger partial charge in [-0.2, -0.15) is 0 Å². The van der Waals surface area contributed by atoms with E-state index in [1.165, 1.54) is 18.4 Å². The molecule has 1 aliphatic rings. The van der Waals surface area contributed by atoms with Crippen LogP contribution in [0.3, 0.4) is 0 Å². The second-order valence-electron chi connectivity index (χ2n) is 4.93. The summed E-state index contributed by atoms with van der Waals surface area (Å²) in [5, 5.41) is 3.49. The molecule has 1 aromatic rings. The molecule has 1 saturated carbocycles. The third kappa shape index (κ3) is 3.62. The molecule has 0 saturated heterocycles. The van der Waals surface area contributed by atoms with Crippen LogP contribution in [0.15, 0.2) is 16.6 Å². The van der Waals surface area contributed by atoms with Gasteiger partial charge in [-0.3, -0.25) is 0 Å². The zero-order chi connectivity index (χ0) is 13.1. The summed E-state index contributed by atoms with van der Waals surface area (Å²) >= 11 is 3.56. The second-order valence-corrected chi connectivity index (χ2v) is 5.79. The van der Waals surface area contributed by atoms with Crippen molar-refractivity contribution in [3.05, 3.63) is 22.2 Å². The Hall–Kier alpha value is -0.740. The Morgan fingerprint density at radius 1 is 1.39 bits per heavy atom. The minimum absolute atomic E-state index is 0.130. The number of hydrogen-bond donors (Lipinski definition) is 1. The number of ether oxygens (including phenoxy) is 2. The summed E-state index contributed by atoms with van der Waals surface area (Å²) in [6, 6.07) is 4.84. The van der Waals surface area contributed by atoms with Crippen LogP contribution in [0.1, 0.15) is 32.3 Å². The Morgan fingerprint density at radius 2 is 2.11 bits per heavy atom. The van der Waals surface area contributed by atoms with Crippen LogP contribution in [0, 0.1) is 0 Å². The second kappa shape index (κ2) is 5.93. The molecular formula is C14H20BrNO2. The Kier molecular flexibility index (Phi) is 4.51. The van der Waals surface area contributed by atoms with Gasteiger partial charge in [-0.1, -0.05) is 0 Å². The third-order valence-electron chi connectivity index (χ3n) is 2.81. The lowest BCUT2D eigenvalue weighted by Crippen LogP contribution is -2.15. The van der Waals surface area contributed by atoms with Crippen LogP contribution in [0.2, 0.25) is 0 Å². The normalized spacial score (nSPS) is 14.9. The first-order valence-corrected chi connectivity index (χ1v) is 7.16. The lowest BCUT2D eigenvalue weighted by atomic mass is 10.2. The molecule has 1 aliphatic carbocycles. The third-order valence-corrected chi connectivity index (χ3v) is 3.40. The minimum Gasteiger partial charge on any atom is -0.493 e. The molecule has 2 rings (SSSR count). The predicted octanol–water partition coefficient (Wildman–Crippen LogP) is 3.50. The molecule has 1 fully saturated rings. The molecule has 0 amide bonds. The van der Waals surface area contributed by atoms with Crippen molar-refractivity contribution in [2.24, 2.45) is 0 Å². The summed E-state index contributed by atoms with van der Waals surface area (Å²) < 4.78 is 12.1. The highest BCUT2D eigenvalue weighted by atomic mass is 79.9. The Labute approximate surface area is 117 Å². The fourth-order valence-corrected chi connectivity index (χ4v) is 2.36. The van der Waals surface area contributed by atoms with E-state index in [1.54, 1.807) is 7.11 Å². The fraction of sp³-hybridized carbons (Fsp3) is 0.571. The van der Waals surface area contributed by atoms with Crippen LogP contribution in [-0.4, -0.2) is 19.3 Å². The van der Waals surface area contributed by atoms with Crippen LogP contribution in [-0.2, 0) is 6.54 Å². The average Bonchev–Trinajstić information content (AvgIpc) is 3.12. The Bertz CT molecular complexity index is 417. The largest absolute Gasteiger partial charge is 0.493 e. The summed E-state index contributed by atoms with van der Waals surface area (Å²) in [5.74, 6) is 1.56. The van der Waals surface area contributed by atoms with Crippen LogP contribution >= 0.6 is 15.9 Å². The summed E-state index contributed by atoms with van der Waals surface area (Å²) in [6.45, 7) is 4.89. The summed E-state index contributed by atoms with van der Waals surface area (Å²) in [4.78, 5) is 0. The molecule has 18 heavy (non-hydrogen) atoms. The smallest absolute Gasteiger partial charge is 0.175 e. The molecule has 0 aliphatic heterocycles. The maximum Gasteiger partial charge on any atom is 0.175 e. The maximum atomic E-state index is 5.77. The van der Waals surface area contributed by atoms with E-state index in [0.717, 1.165) is 22.5 Å². The zero-order valence-corrected chi connectivity index (χ0v) is 12.7. The molecule has 0 atom stereocenters. The standard InChI is InChI=1S/C14H20BrNO2/c1-9(2)18-14-12(15)6-10(7-13(14)17-3)8-16-11-4-5-11/h6-7,9,11,16H,4-5,8H2,1-3H3. The average molecular weight is 314 g/mol. The fourth-order valence-electron chi connectivity index (χ4n) is 1.78. The van der Waals surface area contributed by atoms with Crippen molar-refractivity contribution in [3.8, 4) is 11.5 Å². The first-order chi connectivity index (χ1) is 8.60. The van der Waals surface area contributed by atoms with Gasteiger partial charge in [0.05, 0.1) is 17.7 Å². The van der Waals surface area contributed by atoms with Crippen molar-refractivity contribution >= 4 is 15.9 Å². The quantitative estimate of drug-likeness (QED) is 0.872. The van der Waals surface area contributed by atoms with Crippen molar-refractivity contribution in [3.63, 3.8) is 0 Å². The monoisotopic (exact) mass is 313 g/mol. The van der Waals surface area contributed by atoms with Gasteiger partial charge in [0.2, 0.25) is 0 Å². The number of rotatable bonds is 6. The molecule has 1 N–H and O–H groups in total. The summed E-state index contributed by atoms with van der Waals surface area (Å²) in [7, 11) is 1.67. The predicted molar refractivity (Wildman–Crippen MR) is 76.3 cm³/mol. The number of halogens is 1.